The van der Waals surface area contributed by atoms with Crippen LogP contribution in [0.4, 0.5) is 0 Å². The molecule has 2 aromatic heterocycles. The SMILES string of the molecule is CCNC(c1ncccn1)c1ccco1. The first-order chi connectivity index (χ1) is 7.42. The Morgan fingerprint density at radius 2 is 2.13 bits per heavy atom. The van der Waals surface area contributed by atoms with Crippen molar-refractivity contribution in [1.29, 1.82) is 0 Å². The fourth-order valence-electron chi connectivity index (χ4n) is 1.44. The zero-order chi connectivity index (χ0) is 10.5. The van der Waals surface area contributed by atoms with Crippen LogP contribution >= 0.6 is 0 Å². The number of hydrogen-bond donors (Lipinski definition) is 1. The van der Waals surface area contributed by atoms with Gasteiger partial charge in [-0.15, -0.1) is 0 Å². The topological polar surface area (TPSA) is 51.0 Å². The van der Waals surface area contributed by atoms with E-state index in [9.17, 15) is 0 Å². The summed E-state index contributed by atoms with van der Waals surface area (Å²) in [4.78, 5) is 8.44. The molecule has 0 aliphatic carbocycles. The van der Waals surface area contributed by atoms with Gasteiger partial charge in [0.2, 0.25) is 0 Å². The summed E-state index contributed by atoms with van der Waals surface area (Å²) in [6.45, 7) is 2.88. The Morgan fingerprint density at radius 3 is 2.73 bits per heavy atom. The van der Waals surface area contributed by atoms with Crippen molar-refractivity contribution in [3.63, 3.8) is 0 Å². The second-order valence-corrected chi connectivity index (χ2v) is 3.11. The van der Waals surface area contributed by atoms with Gasteiger partial charge in [0.15, 0.2) is 5.82 Å². The number of aromatic nitrogens is 2. The van der Waals surface area contributed by atoms with Gasteiger partial charge in [-0.1, -0.05) is 6.92 Å². The van der Waals surface area contributed by atoms with Crippen molar-refractivity contribution in [3.05, 3.63) is 48.4 Å². The Bertz CT molecular complexity index is 385. The molecule has 15 heavy (non-hydrogen) atoms. The quantitative estimate of drug-likeness (QED) is 0.822. The van der Waals surface area contributed by atoms with Gasteiger partial charge in [-0.3, -0.25) is 0 Å². The molecule has 0 bridgehead atoms. The molecule has 4 nitrogen and oxygen atoms in total. The van der Waals surface area contributed by atoms with Gasteiger partial charge in [0.1, 0.15) is 11.8 Å². The second-order valence-electron chi connectivity index (χ2n) is 3.11. The minimum absolute atomic E-state index is 0.0637. The molecule has 2 rings (SSSR count). The molecule has 0 aliphatic heterocycles. The van der Waals surface area contributed by atoms with E-state index in [0.29, 0.717) is 0 Å². The van der Waals surface area contributed by atoms with Crippen LogP contribution in [0.15, 0.2) is 41.3 Å². The van der Waals surface area contributed by atoms with Crippen molar-refractivity contribution < 1.29 is 4.42 Å². The van der Waals surface area contributed by atoms with Crippen molar-refractivity contribution in [2.75, 3.05) is 6.54 Å². The van der Waals surface area contributed by atoms with Crippen molar-refractivity contribution >= 4 is 0 Å². The molecule has 0 saturated carbocycles. The maximum atomic E-state index is 5.36. The normalized spacial score (nSPS) is 12.6. The molecule has 0 saturated heterocycles. The van der Waals surface area contributed by atoms with E-state index in [1.807, 2.05) is 19.1 Å². The summed E-state index contributed by atoms with van der Waals surface area (Å²) in [6, 6.07) is 5.52. The van der Waals surface area contributed by atoms with Crippen molar-refractivity contribution in [2.24, 2.45) is 0 Å². The minimum atomic E-state index is -0.0637. The van der Waals surface area contributed by atoms with E-state index < -0.39 is 0 Å². The summed E-state index contributed by atoms with van der Waals surface area (Å²) in [7, 11) is 0. The Labute approximate surface area is 88.4 Å². The molecule has 2 aromatic rings. The van der Waals surface area contributed by atoms with Crippen LogP contribution in [0, 0.1) is 0 Å². The number of nitrogens with one attached hydrogen (secondary N) is 1. The largest absolute Gasteiger partial charge is 0.467 e. The fourth-order valence-corrected chi connectivity index (χ4v) is 1.44. The third kappa shape index (κ3) is 2.22. The van der Waals surface area contributed by atoms with E-state index in [-0.39, 0.29) is 6.04 Å². The molecule has 0 aromatic carbocycles. The minimum Gasteiger partial charge on any atom is -0.467 e. The van der Waals surface area contributed by atoms with Crippen molar-refractivity contribution in [3.8, 4) is 0 Å². The van der Waals surface area contributed by atoms with Crippen LogP contribution in [0.5, 0.6) is 0 Å². The molecule has 0 fully saturated rings. The third-order valence-corrected chi connectivity index (χ3v) is 2.08. The Kier molecular flexibility index (Phi) is 3.09. The van der Waals surface area contributed by atoms with Gasteiger partial charge in [-0.2, -0.15) is 0 Å². The molecule has 1 atom stereocenters. The lowest BCUT2D eigenvalue weighted by Crippen LogP contribution is -2.23. The molecule has 0 spiro atoms. The predicted molar refractivity (Wildman–Crippen MR) is 56.3 cm³/mol. The highest BCUT2D eigenvalue weighted by atomic mass is 16.3. The zero-order valence-corrected chi connectivity index (χ0v) is 8.55. The Morgan fingerprint density at radius 1 is 1.33 bits per heavy atom. The van der Waals surface area contributed by atoms with E-state index in [4.69, 9.17) is 4.42 Å². The van der Waals surface area contributed by atoms with E-state index in [1.54, 1.807) is 24.7 Å². The van der Waals surface area contributed by atoms with Crippen LogP contribution in [-0.2, 0) is 0 Å². The highest BCUT2D eigenvalue weighted by Gasteiger charge is 2.17. The molecule has 4 heteroatoms. The zero-order valence-electron chi connectivity index (χ0n) is 8.55. The maximum Gasteiger partial charge on any atom is 0.152 e. The lowest BCUT2D eigenvalue weighted by molar-refractivity contribution is 0.441. The standard InChI is InChI=1S/C11H13N3O/c1-2-12-10(9-5-3-8-15-9)11-13-6-4-7-14-11/h3-8,10,12H,2H2,1H3. The monoisotopic (exact) mass is 203 g/mol. The average molecular weight is 203 g/mol. The van der Waals surface area contributed by atoms with Crippen molar-refractivity contribution in [1.82, 2.24) is 15.3 Å². The first kappa shape index (κ1) is 9.86. The van der Waals surface area contributed by atoms with Gasteiger partial charge in [0, 0.05) is 12.4 Å². The van der Waals surface area contributed by atoms with Gasteiger partial charge >= 0.3 is 0 Å². The molecule has 0 aliphatic rings. The number of nitrogens with zero attached hydrogens (tertiary/aromatic N) is 2. The van der Waals surface area contributed by atoms with Gasteiger partial charge < -0.3 is 9.73 Å². The molecule has 1 N–H and O–H groups in total. The number of hydrogen-bond acceptors (Lipinski definition) is 4. The fraction of sp³-hybridized carbons (Fsp3) is 0.273. The van der Waals surface area contributed by atoms with Crippen LogP contribution in [-0.4, -0.2) is 16.5 Å². The lowest BCUT2D eigenvalue weighted by Gasteiger charge is -2.13. The highest BCUT2D eigenvalue weighted by Crippen LogP contribution is 2.18. The number of rotatable bonds is 4. The summed E-state index contributed by atoms with van der Waals surface area (Å²) in [6.07, 6.45) is 5.12. The molecule has 0 radical (unpaired) electrons. The van der Waals surface area contributed by atoms with E-state index >= 15 is 0 Å². The van der Waals surface area contributed by atoms with Crippen molar-refractivity contribution in [2.45, 2.75) is 13.0 Å². The van der Waals surface area contributed by atoms with E-state index in [2.05, 4.69) is 15.3 Å². The van der Waals surface area contributed by atoms with Crippen LogP contribution in [0.3, 0.4) is 0 Å². The maximum absolute atomic E-state index is 5.36. The lowest BCUT2D eigenvalue weighted by atomic mass is 10.2. The van der Waals surface area contributed by atoms with Gasteiger partial charge in [0.25, 0.3) is 0 Å². The van der Waals surface area contributed by atoms with Crippen LogP contribution in [0.2, 0.25) is 0 Å². The van der Waals surface area contributed by atoms with Gasteiger partial charge in [0.05, 0.1) is 6.26 Å². The van der Waals surface area contributed by atoms with Crippen LogP contribution in [0.1, 0.15) is 24.6 Å². The van der Waals surface area contributed by atoms with E-state index in [1.165, 1.54) is 0 Å². The molecular weight excluding hydrogens is 190 g/mol. The molecule has 78 valence electrons. The summed E-state index contributed by atoms with van der Waals surface area (Å²) < 4.78 is 5.36. The predicted octanol–water partition coefficient (Wildman–Crippen LogP) is 1.77. The van der Waals surface area contributed by atoms with E-state index in [0.717, 1.165) is 18.1 Å². The first-order valence-corrected chi connectivity index (χ1v) is 4.95. The first-order valence-electron chi connectivity index (χ1n) is 4.95. The summed E-state index contributed by atoms with van der Waals surface area (Å²) >= 11 is 0. The molecular formula is C11H13N3O. The van der Waals surface area contributed by atoms with Crippen LogP contribution in [0.25, 0.3) is 0 Å². The number of furan rings is 1. The smallest absolute Gasteiger partial charge is 0.152 e. The highest BCUT2D eigenvalue weighted by molar-refractivity contribution is 5.14. The molecule has 1 unspecified atom stereocenters. The van der Waals surface area contributed by atoms with Gasteiger partial charge in [-0.25, -0.2) is 9.97 Å². The van der Waals surface area contributed by atoms with Crippen LogP contribution < -0.4 is 5.32 Å². The summed E-state index contributed by atoms with van der Waals surface area (Å²) in [5, 5.41) is 3.28. The van der Waals surface area contributed by atoms with Gasteiger partial charge in [-0.05, 0) is 24.7 Å². The Hall–Kier alpha value is -1.68. The second kappa shape index (κ2) is 4.70. The molecule has 2 heterocycles. The summed E-state index contributed by atoms with van der Waals surface area (Å²) in [5.41, 5.74) is 0. The molecule has 0 amide bonds. The summed E-state index contributed by atoms with van der Waals surface area (Å²) in [5.74, 6) is 1.57. The Balaban J connectivity index is 2.28. The third-order valence-electron chi connectivity index (χ3n) is 2.08. The average Bonchev–Trinajstić information content (AvgIpc) is 2.80.